The van der Waals surface area contributed by atoms with Crippen molar-refractivity contribution in [1.29, 1.82) is 0 Å². The molecule has 0 radical (unpaired) electrons. The van der Waals surface area contributed by atoms with Crippen molar-refractivity contribution in [2.24, 2.45) is 10.2 Å². The van der Waals surface area contributed by atoms with Gasteiger partial charge in [-0.15, -0.1) is 33.4 Å². The molecule has 0 unspecified atom stereocenters. The van der Waals surface area contributed by atoms with Gasteiger partial charge in [-0.2, -0.15) is 0 Å². The summed E-state index contributed by atoms with van der Waals surface area (Å²) in [7, 11) is 6.27. The van der Waals surface area contributed by atoms with E-state index in [1.165, 1.54) is 4.90 Å². The number of methoxy groups -OCH3 is 4. The van der Waals surface area contributed by atoms with Gasteiger partial charge in [0.25, 0.3) is 0 Å². The Morgan fingerprint density at radius 2 is 1.10 bits per heavy atom. The number of halogens is 2. The molecule has 2 amide bonds. The fraction of sp³-hybridized carbons (Fsp3) is 0.500. The standard InChI is InChI=1S/C28H36Cl2N6O6/c1-39-21-13-19(33-5-9-35(10-6-33)25(37)17-29)14-22(40-2)27(21)31-32-28-23(41-3)15-20(16-24(28)42-4)34-7-11-36(12-8-34)26(38)18-30/h13-16H,5-12,17-18H2,1-4H3/p+1. The highest BCUT2D eigenvalue weighted by atomic mass is 35.5. The number of carbonyl (C=O) groups is 2. The first-order valence-electron chi connectivity index (χ1n) is 13.6. The van der Waals surface area contributed by atoms with Crippen LogP contribution in [0.2, 0.25) is 0 Å². The third-order valence-corrected chi connectivity index (χ3v) is 8.01. The molecule has 2 saturated heterocycles. The van der Waals surface area contributed by atoms with Crippen LogP contribution in [0.5, 0.6) is 23.0 Å². The quantitative estimate of drug-likeness (QED) is 0.320. The maximum Gasteiger partial charge on any atom is 0.237 e. The van der Waals surface area contributed by atoms with Gasteiger partial charge in [0, 0.05) is 56.1 Å². The summed E-state index contributed by atoms with van der Waals surface area (Å²) in [6.07, 6.45) is 0. The maximum atomic E-state index is 12.0. The summed E-state index contributed by atoms with van der Waals surface area (Å²) in [5.41, 5.74) is 2.69. The van der Waals surface area contributed by atoms with E-state index >= 15 is 0 Å². The molecule has 2 aromatic carbocycles. The van der Waals surface area contributed by atoms with Gasteiger partial charge < -0.3 is 33.6 Å². The minimum atomic E-state index is -0.0659. The van der Waals surface area contributed by atoms with Crippen molar-refractivity contribution in [1.82, 2.24) is 9.80 Å². The Hall–Kier alpha value is -3.48. The fourth-order valence-corrected chi connectivity index (χ4v) is 5.49. The number of piperazine rings is 2. The Morgan fingerprint density at radius 3 is 1.50 bits per heavy atom. The Labute approximate surface area is 255 Å². The van der Waals surface area contributed by atoms with Crippen LogP contribution in [0.4, 0.5) is 22.7 Å². The number of nitrogens with one attached hydrogen (secondary N) is 1. The molecular formula is C28H37Cl2N6O6+. The van der Waals surface area contributed by atoms with E-state index < -0.39 is 0 Å². The number of amides is 2. The topological polar surface area (TPSA) is 110 Å². The van der Waals surface area contributed by atoms with Crippen molar-refractivity contribution < 1.29 is 33.4 Å². The number of anilines is 1. The summed E-state index contributed by atoms with van der Waals surface area (Å²) < 4.78 is 22.8. The summed E-state index contributed by atoms with van der Waals surface area (Å²) >= 11 is 11.4. The highest BCUT2D eigenvalue weighted by Gasteiger charge is 2.27. The number of alkyl halides is 2. The van der Waals surface area contributed by atoms with E-state index in [0.29, 0.717) is 73.6 Å². The van der Waals surface area contributed by atoms with Gasteiger partial charge in [0.05, 0.1) is 54.6 Å². The Bertz CT molecular complexity index is 1150. The van der Waals surface area contributed by atoms with Crippen LogP contribution >= 0.6 is 23.2 Å². The predicted molar refractivity (Wildman–Crippen MR) is 160 cm³/mol. The highest BCUT2D eigenvalue weighted by molar-refractivity contribution is 6.27. The number of nitrogens with zero attached hydrogens (tertiary/aromatic N) is 5. The second-order valence-electron chi connectivity index (χ2n) is 9.75. The fourth-order valence-electron chi connectivity index (χ4n) is 5.15. The third kappa shape index (κ3) is 6.93. The summed E-state index contributed by atoms with van der Waals surface area (Å²) in [6.45, 7) is 5.15. The van der Waals surface area contributed by atoms with E-state index in [2.05, 4.69) is 15.1 Å². The molecule has 2 heterocycles. The zero-order valence-corrected chi connectivity index (χ0v) is 25.8. The van der Waals surface area contributed by atoms with Gasteiger partial charge >= 0.3 is 0 Å². The predicted octanol–water partition coefficient (Wildman–Crippen LogP) is 2.62. The largest absolute Gasteiger partial charge is 0.494 e. The molecule has 0 aromatic heterocycles. The zero-order valence-electron chi connectivity index (χ0n) is 24.3. The lowest BCUT2D eigenvalue weighted by molar-refractivity contribution is -0.837. The van der Waals surface area contributed by atoms with Crippen LogP contribution in [0.25, 0.3) is 0 Å². The van der Waals surface area contributed by atoms with Gasteiger partial charge in [-0.05, 0) is 0 Å². The van der Waals surface area contributed by atoms with E-state index in [9.17, 15) is 9.59 Å². The lowest BCUT2D eigenvalue weighted by atomic mass is 10.2. The first-order valence-corrected chi connectivity index (χ1v) is 14.7. The van der Waals surface area contributed by atoms with Gasteiger partial charge in [0.15, 0.2) is 34.4 Å². The molecule has 42 heavy (non-hydrogen) atoms. The second-order valence-corrected chi connectivity index (χ2v) is 10.3. The van der Waals surface area contributed by atoms with E-state index in [-0.39, 0.29) is 23.6 Å². The Morgan fingerprint density at radius 1 is 0.690 bits per heavy atom. The molecular weight excluding hydrogens is 587 g/mol. The number of rotatable bonds is 10. The van der Waals surface area contributed by atoms with Gasteiger partial charge in [0.1, 0.15) is 17.4 Å². The zero-order chi connectivity index (χ0) is 30.2. The smallest absolute Gasteiger partial charge is 0.237 e. The van der Waals surface area contributed by atoms with Crippen molar-refractivity contribution in [3.63, 3.8) is 0 Å². The molecule has 0 bridgehead atoms. The van der Waals surface area contributed by atoms with Crippen LogP contribution in [-0.4, -0.2) is 114 Å². The third-order valence-electron chi connectivity index (χ3n) is 7.55. The molecule has 228 valence electrons. The van der Waals surface area contributed by atoms with E-state index in [0.717, 1.165) is 24.5 Å². The van der Waals surface area contributed by atoms with E-state index in [1.54, 1.807) is 38.2 Å². The Balaban J connectivity index is 1.58. The molecule has 0 spiro atoms. The monoisotopic (exact) mass is 623 g/mol. The molecule has 14 heteroatoms. The van der Waals surface area contributed by atoms with Gasteiger partial charge in [-0.25, -0.2) is 0 Å². The summed E-state index contributed by atoms with van der Waals surface area (Å²) in [6, 6.07) is 7.59. The van der Waals surface area contributed by atoms with Gasteiger partial charge in [0.2, 0.25) is 11.8 Å². The van der Waals surface area contributed by atoms with Crippen LogP contribution in [0.15, 0.2) is 34.5 Å². The van der Waals surface area contributed by atoms with Crippen LogP contribution < -0.4 is 28.7 Å². The van der Waals surface area contributed by atoms with E-state index in [1.807, 2.05) is 24.3 Å². The molecule has 2 fully saturated rings. The number of hydrogen-bond acceptors (Lipinski definition) is 9. The second kappa shape index (κ2) is 14.6. The van der Waals surface area contributed by atoms with Crippen LogP contribution in [0, 0.1) is 0 Å². The molecule has 0 aliphatic carbocycles. The van der Waals surface area contributed by atoms with E-state index in [4.69, 9.17) is 42.1 Å². The number of azo groups is 1. The average Bonchev–Trinajstić information content (AvgIpc) is 3.05. The minimum absolute atomic E-state index is 0.0108. The number of carbonyl (C=O) groups excluding carboxylic acids is 2. The molecule has 2 aliphatic rings. The normalized spacial score (nSPS) is 16.1. The molecule has 4 rings (SSSR count). The number of quaternary nitrogens is 1. The molecule has 1 N–H and O–H groups in total. The molecule has 0 atom stereocenters. The highest BCUT2D eigenvalue weighted by Crippen LogP contribution is 2.45. The first-order chi connectivity index (χ1) is 20.4. The molecule has 2 aromatic rings. The van der Waals surface area contributed by atoms with Crippen LogP contribution in [0.1, 0.15) is 0 Å². The summed E-state index contributed by atoms with van der Waals surface area (Å²) in [4.78, 5) is 30.8. The molecule has 12 nitrogen and oxygen atoms in total. The Kier molecular flexibility index (Phi) is 10.9. The summed E-state index contributed by atoms with van der Waals surface area (Å²) in [5.74, 6) is 1.81. The SMILES string of the molecule is COc1cc(N2CCN(C(=O)CCl)CC2)cc(OC)c1N=Nc1c(OC)cc([NH+]2CCN(C(=O)CCl)CC2)cc1OC. The van der Waals surface area contributed by atoms with Crippen molar-refractivity contribution in [3.05, 3.63) is 24.3 Å². The van der Waals surface area contributed by atoms with Crippen molar-refractivity contribution in [2.75, 3.05) is 97.5 Å². The average molecular weight is 625 g/mol. The minimum Gasteiger partial charge on any atom is -0.494 e. The molecule has 2 aliphatic heterocycles. The van der Waals surface area contributed by atoms with Crippen molar-refractivity contribution in [3.8, 4) is 23.0 Å². The number of benzene rings is 2. The lowest BCUT2D eigenvalue weighted by Gasteiger charge is -2.36. The van der Waals surface area contributed by atoms with Crippen LogP contribution in [-0.2, 0) is 9.59 Å². The number of hydrogen-bond donors (Lipinski definition) is 1. The molecule has 0 saturated carbocycles. The summed E-state index contributed by atoms with van der Waals surface area (Å²) in [5, 5.41) is 9.03. The first kappa shape index (κ1) is 31.5. The van der Waals surface area contributed by atoms with Crippen molar-refractivity contribution >= 4 is 57.8 Å². The van der Waals surface area contributed by atoms with Gasteiger partial charge in [-0.3, -0.25) is 14.5 Å². The number of ether oxygens (including phenoxy) is 4. The maximum absolute atomic E-state index is 12.0. The lowest BCUT2D eigenvalue weighted by Crippen LogP contribution is -3.10. The van der Waals surface area contributed by atoms with Crippen LogP contribution in [0.3, 0.4) is 0 Å². The van der Waals surface area contributed by atoms with Crippen molar-refractivity contribution in [2.45, 2.75) is 0 Å². The van der Waals surface area contributed by atoms with Gasteiger partial charge in [-0.1, -0.05) is 0 Å².